The Hall–Kier alpha value is -2.94. The van der Waals surface area contributed by atoms with Gasteiger partial charge < -0.3 is 10.7 Å². The van der Waals surface area contributed by atoms with Crippen LogP contribution >= 0.6 is 0 Å². The van der Waals surface area contributed by atoms with Gasteiger partial charge in [-0.1, -0.05) is 6.07 Å². The van der Waals surface area contributed by atoms with Gasteiger partial charge in [0.2, 0.25) is 0 Å². The summed E-state index contributed by atoms with van der Waals surface area (Å²) >= 11 is 0. The van der Waals surface area contributed by atoms with Crippen molar-refractivity contribution in [2.75, 3.05) is 5.43 Å². The molecule has 1 aromatic heterocycles. The van der Waals surface area contributed by atoms with E-state index in [1.54, 1.807) is 24.0 Å². The highest BCUT2D eigenvalue weighted by Crippen LogP contribution is 2.27. The fourth-order valence-electron chi connectivity index (χ4n) is 1.86. The number of amides is 1. The van der Waals surface area contributed by atoms with Crippen LogP contribution in [0.2, 0.25) is 0 Å². The van der Waals surface area contributed by atoms with Crippen molar-refractivity contribution in [2.24, 2.45) is 12.9 Å². The molecule has 4 N–H and O–H groups in total. The molecule has 0 saturated carbocycles. The van der Waals surface area contributed by atoms with E-state index in [-0.39, 0.29) is 23.5 Å². The summed E-state index contributed by atoms with van der Waals surface area (Å²) in [5, 5.41) is 17.7. The number of aryl methyl sites for hydroxylation is 1. The van der Waals surface area contributed by atoms with Crippen LogP contribution in [0.3, 0.4) is 0 Å². The first-order valence-electron chi connectivity index (χ1n) is 6.03. The maximum Gasteiger partial charge on any atom is 0.294 e. The number of hydrazine groups is 1. The smallest absolute Gasteiger partial charge is 0.294 e. The minimum atomic E-state index is -0.606. The lowest BCUT2D eigenvalue weighted by molar-refractivity contribution is -0.384. The average molecular weight is 290 g/mol. The molecule has 110 valence electrons. The number of rotatable bonds is 5. The standard InChI is InChI=1S/C12H14N6O3/c1-17-6-5-8(16-17)7-14-12(19)9-3-2-4-10(18(20)21)11(9)15-13/h2-6,15H,7,13H2,1H3,(H,14,19). The number of nitrogens with two attached hydrogens (primary N) is 1. The summed E-state index contributed by atoms with van der Waals surface area (Å²) in [5.41, 5.74) is 2.70. The zero-order chi connectivity index (χ0) is 15.4. The Kier molecular flexibility index (Phi) is 4.14. The Morgan fingerprint density at radius 1 is 1.48 bits per heavy atom. The molecule has 0 radical (unpaired) electrons. The SMILES string of the molecule is Cn1ccc(CNC(=O)c2cccc([N+](=O)[O-])c2NN)n1. The Bertz CT molecular complexity index is 681. The number of nitro groups is 1. The van der Waals surface area contributed by atoms with Gasteiger partial charge in [0.25, 0.3) is 11.6 Å². The Labute approximate surface area is 119 Å². The molecule has 1 heterocycles. The summed E-state index contributed by atoms with van der Waals surface area (Å²) in [6.07, 6.45) is 1.75. The van der Waals surface area contributed by atoms with E-state index in [0.717, 1.165) is 0 Å². The maximum absolute atomic E-state index is 12.1. The van der Waals surface area contributed by atoms with E-state index < -0.39 is 10.8 Å². The van der Waals surface area contributed by atoms with Crippen LogP contribution in [0.15, 0.2) is 30.5 Å². The van der Waals surface area contributed by atoms with Gasteiger partial charge in [-0.15, -0.1) is 0 Å². The van der Waals surface area contributed by atoms with Crippen molar-refractivity contribution >= 4 is 17.3 Å². The zero-order valence-corrected chi connectivity index (χ0v) is 11.2. The van der Waals surface area contributed by atoms with E-state index in [2.05, 4.69) is 15.8 Å². The monoisotopic (exact) mass is 290 g/mol. The topological polar surface area (TPSA) is 128 Å². The Balaban J connectivity index is 2.19. The van der Waals surface area contributed by atoms with Crippen molar-refractivity contribution in [3.05, 3.63) is 51.8 Å². The minimum Gasteiger partial charge on any atom is -0.346 e. The lowest BCUT2D eigenvalue weighted by atomic mass is 10.1. The van der Waals surface area contributed by atoms with E-state index in [1.807, 2.05) is 0 Å². The molecule has 0 aliphatic heterocycles. The molecule has 1 aromatic carbocycles. The summed E-state index contributed by atoms with van der Waals surface area (Å²) in [4.78, 5) is 22.4. The lowest BCUT2D eigenvalue weighted by Gasteiger charge is -2.09. The molecule has 9 heteroatoms. The molecule has 0 aliphatic rings. The quantitative estimate of drug-likeness (QED) is 0.419. The molecule has 0 bridgehead atoms. The van der Waals surface area contributed by atoms with Gasteiger partial charge >= 0.3 is 0 Å². The van der Waals surface area contributed by atoms with Crippen molar-refractivity contribution in [3.63, 3.8) is 0 Å². The third kappa shape index (κ3) is 3.15. The number of carbonyl (C=O) groups excluding carboxylic acids is 1. The Morgan fingerprint density at radius 2 is 2.24 bits per heavy atom. The van der Waals surface area contributed by atoms with Crippen LogP contribution in [0.25, 0.3) is 0 Å². The second-order valence-corrected chi connectivity index (χ2v) is 4.26. The van der Waals surface area contributed by atoms with Gasteiger partial charge in [-0.3, -0.25) is 25.4 Å². The van der Waals surface area contributed by atoms with Gasteiger partial charge in [-0.05, 0) is 12.1 Å². The summed E-state index contributed by atoms with van der Waals surface area (Å²) in [5.74, 6) is 4.81. The molecule has 0 saturated heterocycles. The molecular weight excluding hydrogens is 276 g/mol. The van der Waals surface area contributed by atoms with E-state index in [0.29, 0.717) is 5.69 Å². The van der Waals surface area contributed by atoms with Crippen LogP contribution in [-0.4, -0.2) is 20.6 Å². The summed E-state index contributed by atoms with van der Waals surface area (Å²) in [6, 6.07) is 5.91. The minimum absolute atomic E-state index is 0.0268. The third-order valence-corrected chi connectivity index (χ3v) is 2.83. The van der Waals surface area contributed by atoms with Crippen LogP contribution in [0.1, 0.15) is 16.1 Å². The number of nitrogens with one attached hydrogen (secondary N) is 2. The summed E-state index contributed by atoms with van der Waals surface area (Å²) in [6.45, 7) is 0.215. The fourth-order valence-corrected chi connectivity index (χ4v) is 1.86. The first kappa shape index (κ1) is 14.5. The van der Waals surface area contributed by atoms with Gasteiger partial charge in [-0.2, -0.15) is 5.10 Å². The highest BCUT2D eigenvalue weighted by molar-refractivity contribution is 6.01. The largest absolute Gasteiger partial charge is 0.346 e. The molecular formula is C12H14N6O3. The number of anilines is 1. The van der Waals surface area contributed by atoms with Gasteiger partial charge in [0.05, 0.1) is 22.7 Å². The number of hydrogen-bond acceptors (Lipinski definition) is 6. The van der Waals surface area contributed by atoms with Gasteiger partial charge in [0, 0.05) is 19.3 Å². The van der Waals surface area contributed by atoms with Crippen molar-refractivity contribution in [1.29, 1.82) is 0 Å². The number of para-hydroxylation sites is 1. The molecule has 0 unspecified atom stereocenters. The van der Waals surface area contributed by atoms with Crippen LogP contribution in [0, 0.1) is 10.1 Å². The zero-order valence-electron chi connectivity index (χ0n) is 11.2. The van der Waals surface area contributed by atoms with E-state index in [4.69, 9.17) is 5.84 Å². The van der Waals surface area contributed by atoms with Crippen LogP contribution in [0.4, 0.5) is 11.4 Å². The first-order valence-corrected chi connectivity index (χ1v) is 6.03. The predicted octanol–water partition coefficient (Wildman–Crippen LogP) is 0.544. The second kappa shape index (κ2) is 6.01. The molecule has 9 nitrogen and oxygen atoms in total. The van der Waals surface area contributed by atoms with Crippen LogP contribution in [-0.2, 0) is 13.6 Å². The number of carbonyl (C=O) groups is 1. The molecule has 2 rings (SSSR count). The molecule has 0 atom stereocenters. The van der Waals surface area contributed by atoms with Gasteiger partial charge in [-0.25, -0.2) is 0 Å². The number of nitrogen functional groups attached to an aromatic ring is 1. The molecule has 0 aliphatic carbocycles. The average Bonchev–Trinajstić information content (AvgIpc) is 2.89. The summed E-state index contributed by atoms with van der Waals surface area (Å²) < 4.78 is 1.61. The number of nitrogens with zero attached hydrogens (tertiary/aromatic N) is 3. The van der Waals surface area contributed by atoms with Crippen LogP contribution < -0.4 is 16.6 Å². The predicted molar refractivity (Wildman–Crippen MR) is 75.3 cm³/mol. The van der Waals surface area contributed by atoms with Crippen molar-refractivity contribution < 1.29 is 9.72 Å². The molecule has 2 aromatic rings. The number of hydrogen-bond donors (Lipinski definition) is 3. The van der Waals surface area contributed by atoms with Crippen LogP contribution in [0.5, 0.6) is 0 Å². The normalized spacial score (nSPS) is 10.2. The van der Waals surface area contributed by atoms with E-state index in [9.17, 15) is 14.9 Å². The van der Waals surface area contributed by atoms with Crippen molar-refractivity contribution in [1.82, 2.24) is 15.1 Å². The number of benzene rings is 1. The number of nitro benzene ring substituents is 1. The fraction of sp³-hybridized carbons (Fsp3) is 0.167. The lowest BCUT2D eigenvalue weighted by Crippen LogP contribution is -2.25. The first-order chi connectivity index (χ1) is 10.0. The molecule has 0 fully saturated rings. The molecule has 21 heavy (non-hydrogen) atoms. The van der Waals surface area contributed by atoms with Crippen molar-refractivity contribution in [3.8, 4) is 0 Å². The summed E-state index contributed by atoms with van der Waals surface area (Å²) in [7, 11) is 1.77. The second-order valence-electron chi connectivity index (χ2n) is 4.26. The van der Waals surface area contributed by atoms with E-state index >= 15 is 0 Å². The van der Waals surface area contributed by atoms with E-state index in [1.165, 1.54) is 18.2 Å². The molecule has 0 spiro atoms. The van der Waals surface area contributed by atoms with Crippen molar-refractivity contribution in [2.45, 2.75) is 6.54 Å². The van der Waals surface area contributed by atoms with Gasteiger partial charge in [0.15, 0.2) is 0 Å². The highest BCUT2D eigenvalue weighted by Gasteiger charge is 2.20. The third-order valence-electron chi connectivity index (χ3n) is 2.83. The maximum atomic E-state index is 12.1. The number of aromatic nitrogens is 2. The van der Waals surface area contributed by atoms with Gasteiger partial charge in [0.1, 0.15) is 5.69 Å². The highest BCUT2D eigenvalue weighted by atomic mass is 16.6. The Morgan fingerprint density at radius 3 is 2.81 bits per heavy atom. The molecule has 1 amide bonds.